The van der Waals surface area contributed by atoms with E-state index in [2.05, 4.69) is 10.1 Å². The van der Waals surface area contributed by atoms with Crippen molar-refractivity contribution < 1.29 is 19.4 Å². The van der Waals surface area contributed by atoms with Crippen molar-refractivity contribution in [3.05, 3.63) is 29.8 Å². The molecule has 5 heteroatoms. The standard InChI is InChI=1S/C14H19NO4/c1-3-4-13(17)15-12(14(18)19-2)9-10-5-7-11(16)8-6-10/h5-8,12,16H,3-4,9H2,1-2H3,(H,15,17)/t12-/m0/s1. The SMILES string of the molecule is CCCC(=O)N[C@@H](Cc1ccc(O)cc1)C(=O)OC. The summed E-state index contributed by atoms with van der Waals surface area (Å²) in [6.07, 6.45) is 1.43. The lowest BCUT2D eigenvalue weighted by atomic mass is 10.1. The number of carbonyl (C=O) groups is 2. The maximum absolute atomic E-state index is 11.6. The highest BCUT2D eigenvalue weighted by Gasteiger charge is 2.21. The number of ether oxygens (including phenoxy) is 1. The number of carbonyl (C=O) groups excluding carboxylic acids is 2. The third-order valence-electron chi connectivity index (χ3n) is 2.67. The van der Waals surface area contributed by atoms with Gasteiger partial charge in [-0.3, -0.25) is 4.79 Å². The number of hydrogen-bond acceptors (Lipinski definition) is 4. The summed E-state index contributed by atoms with van der Waals surface area (Å²) in [6, 6.07) is 5.79. The number of phenolic OH excluding ortho intramolecular Hbond substituents is 1. The number of phenols is 1. The molecule has 0 aliphatic carbocycles. The molecule has 1 rings (SSSR count). The van der Waals surface area contributed by atoms with Crippen LogP contribution in [0.15, 0.2) is 24.3 Å². The van der Waals surface area contributed by atoms with Gasteiger partial charge in [0.1, 0.15) is 11.8 Å². The first-order chi connectivity index (χ1) is 9.06. The zero-order valence-electron chi connectivity index (χ0n) is 11.2. The molecule has 5 nitrogen and oxygen atoms in total. The first kappa shape index (κ1) is 15.0. The van der Waals surface area contributed by atoms with Gasteiger partial charge in [-0.2, -0.15) is 0 Å². The summed E-state index contributed by atoms with van der Waals surface area (Å²) in [5.41, 5.74) is 0.838. The highest BCUT2D eigenvalue weighted by Crippen LogP contribution is 2.12. The Morgan fingerprint density at radius 2 is 1.95 bits per heavy atom. The molecule has 1 atom stereocenters. The van der Waals surface area contributed by atoms with E-state index < -0.39 is 12.0 Å². The van der Waals surface area contributed by atoms with Crippen LogP contribution in [0.2, 0.25) is 0 Å². The third kappa shape index (κ3) is 4.99. The van der Waals surface area contributed by atoms with Crippen LogP contribution in [0.1, 0.15) is 25.3 Å². The Balaban J connectivity index is 2.71. The van der Waals surface area contributed by atoms with Gasteiger partial charge in [-0.15, -0.1) is 0 Å². The van der Waals surface area contributed by atoms with Crippen LogP contribution in [0, 0.1) is 0 Å². The van der Waals surface area contributed by atoms with Crippen LogP contribution in [0.4, 0.5) is 0 Å². The molecule has 0 radical (unpaired) electrons. The molecule has 0 fully saturated rings. The Kier molecular flexibility index (Phi) is 5.85. The van der Waals surface area contributed by atoms with Gasteiger partial charge in [0.2, 0.25) is 5.91 Å². The second-order valence-corrected chi connectivity index (χ2v) is 4.26. The van der Waals surface area contributed by atoms with Crippen LogP contribution in [0.3, 0.4) is 0 Å². The number of benzene rings is 1. The molecule has 1 amide bonds. The van der Waals surface area contributed by atoms with Crippen molar-refractivity contribution >= 4 is 11.9 Å². The van der Waals surface area contributed by atoms with Crippen LogP contribution in [-0.4, -0.2) is 30.1 Å². The van der Waals surface area contributed by atoms with Crippen LogP contribution in [0.5, 0.6) is 5.75 Å². The number of hydrogen-bond donors (Lipinski definition) is 2. The van der Waals surface area contributed by atoms with Gasteiger partial charge < -0.3 is 15.2 Å². The largest absolute Gasteiger partial charge is 0.508 e. The van der Waals surface area contributed by atoms with E-state index in [1.54, 1.807) is 12.1 Å². The van der Waals surface area contributed by atoms with E-state index in [-0.39, 0.29) is 11.7 Å². The first-order valence-electron chi connectivity index (χ1n) is 6.22. The number of aromatic hydroxyl groups is 1. The minimum Gasteiger partial charge on any atom is -0.508 e. The van der Waals surface area contributed by atoms with E-state index in [9.17, 15) is 14.7 Å². The highest BCUT2D eigenvalue weighted by molar-refractivity contribution is 5.84. The Hall–Kier alpha value is -2.04. The predicted octanol–water partition coefficient (Wildman–Crippen LogP) is 1.39. The quantitative estimate of drug-likeness (QED) is 0.762. The second-order valence-electron chi connectivity index (χ2n) is 4.26. The zero-order valence-corrected chi connectivity index (χ0v) is 11.2. The van der Waals surface area contributed by atoms with E-state index in [0.717, 1.165) is 12.0 Å². The first-order valence-corrected chi connectivity index (χ1v) is 6.22. The van der Waals surface area contributed by atoms with Crippen molar-refractivity contribution in [2.75, 3.05) is 7.11 Å². The van der Waals surface area contributed by atoms with Gasteiger partial charge in [-0.25, -0.2) is 4.79 Å². The molecule has 0 spiro atoms. The maximum atomic E-state index is 11.6. The summed E-state index contributed by atoms with van der Waals surface area (Å²) in [6.45, 7) is 1.90. The molecule has 1 aromatic rings. The van der Waals surface area contributed by atoms with Gasteiger partial charge in [0.15, 0.2) is 0 Å². The molecular formula is C14H19NO4. The Labute approximate surface area is 112 Å². The van der Waals surface area contributed by atoms with Gasteiger partial charge >= 0.3 is 5.97 Å². The average molecular weight is 265 g/mol. The summed E-state index contributed by atoms with van der Waals surface area (Å²) < 4.78 is 4.68. The lowest BCUT2D eigenvalue weighted by Gasteiger charge is -2.16. The average Bonchev–Trinajstić information content (AvgIpc) is 2.40. The molecule has 0 aromatic heterocycles. The minimum atomic E-state index is -0.700. The number of esters is 1. The Morgan fingerprint density at radius 1 is 1.32 bits per heavy atom. The summed E-state index contributed by atoms with van der Waals surface area (Å²) in [4.78, 5) is 23.2. The molecular weight excluding hydrogens is 246 g/mol. The summed E-state index contributed by atoms with van der Waals surface area (Å²) in [7, 11) is 1.29. The van der Waals surface area contributed by atoms with E-state index in [4.69, 9.17) is 0 Å². The number of rotatable bonds is 6. The van der Waals surface area contributed by atoms with Crippen molar-refractivity contribution in [3.8, 4) is 5.75 Å². The summed E-state index contributed by atoms with van der Waals surface area (Å²) in [5, 5.41) is 11.9. The Morgan fingerprint density at radius 3 is 2.47 bits per heavy atom. The second kappa shape index (κ2) is 7.41. The molecule has 0 unspecified atom stereocenters. The van der Waals surface area contributed by atoms with Crippen molar-refractivity contribution in [2.24, 2.45) is 0 Å². The Bertz CT molecular complexity index is 428. The van der Waals surface area contributed by atoms with Crippen molar-refractivity contribution in [1.29, 1.82) is 0 Å². The summed E-state index contributed by atoms with van der Waals surface area (Å²) >= 11 is 0. The normalized spacial score (nSPS) is 11.7. The molecule has 0 heterocycles. The third-order valence-corrected chi connectivity index (χ3v) is 2.67. The molecule has 0 saturated carbocycles. The van der Waals surface area contributed by atoms with Crippen molar-refractivity contribution in [3.63, 3.8) is 0 Å². The van der Waals surface area contributed by atoms with Crippen LogP contribution in [0.25, 0.3) is 0 Å². The van der Waals surface area contributed by atoms with Crippen LogP contribution in [-0.2, 0) is 20.7 Å². The van der Waals surface area contributed by atoms with E-state index in [0.29, 0.717) is 12.8 Å². The fraction of sp³-hybridized carbons (Fsp3) is 0.429. The topological polar surface area (TPSA) is 75.6 Å². The van der Waals surface area contributed by atoms with Crippen LogP contribution >= 0.6 is 0 Å². The summed E-state index contributed by atoms with van der Waals surface area (Å²) in [5.74, 6) is -0.484. The fourth-order valence-electron chi connectivity index (χ4n) is 1.70. The van der Waals surface area contributed by atoms with Crippen molar-refractivity contribution in [1.82, 2.24) is 5.32 Å². The molecule has 0 aliphatic heterocycles. The van der Waals surface area contributed by atoms with E-state index in [1.165, 1.54) is 19.2 Å². The molecule has 19 heavy (non-hydrogen) atoms. The van der Waals surface area contributed by atoms with Crippen molar-refractivity contribution in [2.45, 2.75) is 32.2 Å². The van der Waals surface area contributed by atoms with Crippen LogP contribution < -0.4 is 5.32 Å². The monoisotopic (exact) mass is 265 g/mol. The molecule has 0 bridgehead atoms. The fourth-order valence-corrected chi connectivity index (χ4v) is 1.70. The molecule has 1 aromatic carbocycles. The number of nitrogens with one attached hydrogen (secondary N) is 1. The maximum Gasteiger partial charge on any atom is 0.328 e. The molecule has 0 aliphatic rings. The van der Waals surface area contributed by atoms with Gasteiger partial charge in [0.05, 0.1) is 7.11 Å². The zero-order chi connectivity index (χ0) is 14.3. The predicted molar refractivity (Wildman–Crippen MR) is 70.7 cm³/mol. The smallest absolute Gasteiger partial charge is 0.328 e. The number of amides is 1. The lowest BCUT2D eigenvalue weighted by molar-refractivity contribution is -0.145. The van der Waals surface area contributed by atoms with Gasteiger partial charge in [-0.05, 0) is 24.1 Å². The van der Waals surface area contributed by atoms with Gasteiger partial charge in [0, 0.05) is 12.8 Å². The van der Waals surface area contributed by atoms with Gasteiger partial charge in [0.25, 0.3) is 0 Å². The van der Waals surface area contributed by atoms with E-state index >= 15 is 0 Å². The molecule has 0 saturated heterocycles. The minimum absolute atomic E-state index is 0.161. The molecule has 2 N–H and O–H groups in total. The van der Waals surface area contributed by atoms with E-state index in [1.807, 2.05) is 6.92 Å². The van der Waals surface area contributed by atoms with Gasteiger partial charge in [-0.1, -0.05) is 19.1 Å². The molecule has 104 valence electrons. The highest BCUT2D eigenvalue weighted by atomic mass is 16.5. The lowest BCUT2D eigenvalue weighted by Crippen LogP contribution is -2.42. The number of methoxy groups -OCH3 is 1.